The zero-order chi connectivity index (χ0) is 31.6. The van der Waals surface area contributed by atoms with E-state index in [0.717, 1.165) is 10.5 Å². The fraction of sp³-hybridized carbons (Fsp3) is 0.0286. The standard InChI is InChI=1S/C35H28N4O5S/c36-32(40)24-13-15-26(16-14-24)38-35(43)31(23-8-3-1-4-9-23)45-29-19-17-27(18-20-29)37-34(42)30(22-28-12-7-21-44-28)39-33(41)25-10-5-2-6-11-25/h1-22,31H,(H2,36,40)(H,37,42)(H,38,43)(H,39,41)/b30-22-. The number of amides is 4. The normalized spacial score (nSPS) is 11.7. The number of furan rings is 1. The molecule has 0 saturated carbocycles. The molecule has 5 N–H and O–H groups in total. The van der Waals surface area contributed by atoms with Gasteiger partial charge in [-0.2, -0.15) is 0 Å². The topological polar surface area (TPSA) is 144 Å². The first-order valence-electron chi connectivity index (χ1n) is 13.8. The molecule has 0 aliphatic heterocycles. The second-order valence-electron chi connectivity index (χ2n) is 9.71. The number of carbonyl (C=O) groups excluding carboxylic acids is 4. The van der Waals surface area contributed by atoms with Crippen LogP contribution in [0.3, 0.4) is 0 Å². The summed E-state index contributed by atoms with van der Waals surface area (Å²) in [6.07, 6.45) is 2.92. The molecule has 0 radical (unpaired) electrons. The van der Waals surface area contributed by atoms with E-state index < -0.39 is 23.0 Å². The van der Waals surface area contributed by atoms with Gasteiger partial charge in [0.25, 0.3) is 11.8 Å². The van der Waals surface area contributed by atoms with Crippen LogP contribution in [-0.2, 0) is 9.59 Å². The maximum absolute atomic E-state index is 13.4. The van der Waals surface area contributed by atoms with Gasteiger partial charge < -0.3 is 26.1 Å². The quantitative estimate of drug-likeness (QED) is 0.102. The predicted octanol–water partition coefficient (Wildman–Crippen LogP) is 6.26. The Kier molecular flexibility index (Phi) is 9.88. The average molecular weight is 617 g/mol. The first kappa shape index (κ1) is 30.6. The number of primary amides is 1. The lowest BCUT2D eigenvalue weighted by molar-refractivity contribution is -0.116. The number of carbonyl (C=O) groups is 4. The van der Waals surface area contributed by atoms with Gasteiger partial charge in [0.05, 0.1) is 6.26 Å². The molecule has 1 heterocycles. The summed E-state index contributed by atoms with van der Waals surface area (Å²) in [5.41, 5.74) is 7.88. The highest BCUT2D eigenvalue weighted by Crippen LogP contribution is 2.36. The number of thioether (sulfide) groups is 1. The summed E-state index contributed by atoms with van der Waals surface area (Å²) in [6, 6.07) is 34.6. The van der Waals surface area contributed by atoms with Crippen LogP contribution in [0.2, 0.25) is 0 Å². The van der Waals surface area contributed by atoms with Crippen LogP contribution >= 0.6 is 11.8 Å². The van der Waals surface area contributed by atoms with Gasteiger partial charge >= 0.3 is 0 Å². The number of nitrogens with two attached hydrogens (primary N) is 1. The fourth-order valence-electron chi connectivity index (χ4n) is 4.24. The van der Waals surface area contributed by atoms with Crippen LogP contribution in [0.25, 0.3) is 6.08 Å². The zero-order valence-electron chi connectivity index (χ0n) is 23.8. The van der Waals surface area contributed by atoms with Gasteiger partial charge in [0.2, 0.25) is 11.8 Å². The zero-order valence-corrected chi connectivity index (χ0v) is 24.6. The summed E-state index contributed by atoms with van der Waals surface area (Å²) in [4.78, 5) is 51.6. The minimum atomic E-state index is -0.599. The number of hydrogen-bond acceptors (Lipinski definition) is 6. The van der Waals surface area contributed by atoms with Crippen LogP contribution in [0, 0.1) is 0 Å². The number of rotatable bonds is 11. The molecule has 224 valence electrons. The summed E-state index contributed by atoms with van der Waals surface area (Å²) in [5, 5.41) is 7.78. The van der Waals surface area contributed by atoms with Gasteiger partial charge in [-0.25, -0.2) is 0 Å². The molecule has 5 rings (SSSR count). The minimum absolute atomic E-state index is 0.00179. The molecule has 9 nitrogen and oxygen atoms in total. The van der Waals surface area contributed by atoms with Crippen molar-refractivity contribution >= 4 is 52.8 Å². The van der Waals surface area contributed by atoms with Crippen LogP contribution in [0.15, 0.2) is 143 Å². The van der Waals surface area contributed by atoms with E-state index in [1.165, 1.54) is 24.1 Å². The Hall–Kier alpha value is -5.87. The highest BCUT2D eigenvalue weighted by atomic mass is 32.2. The number of nitrogens with one attached hydrogen (secondary N) is 3. The highest BCUT2D eigenvalue weighted by molar-refractivity contribution is 8.00. The molecular formula is C35H28N4O5S. The molecule has 1 unspecified atom stereocenters. The Balaban J connectivity index is 1.29. The number of hydrogen-bond donors (Lipinski definition) is 4. The van der Waals surface area contributed by atoms with Gasteiger partial charge in [-0.05, 0) is 78.4 Å². The van der Waals surface area contributed by atoms with E-state index in [1.807, 2.05) is 30.3 Å². The molecule has 5 aromatic rings. The van der Waals surface area contributed by atoms with E-state index in [2.05, 4.69) is 16.0 Å². The molecule has 45 heavy (non-hydrogen) atoms. The third kappa shape index (κ3) is 8.37. The molecule has 4 aromatic carbocycles. The van der Waals surface area contributed by atoms with Gasteiger partial charge in [-0.1, -0.05) is 48.5 Å². The maximum atomic E-state index is 13.4. The smallest absolute Gasteiger partial charge is 0.272 e. The highest BCUT2D eigenvalue weighted by Gasteiger charge is 2.23. The molecule has 10 heteroatoms. The molecule has 1 atom stereocenters. The van der Waals surface area contributed by atoms with Crippen molar-refractivity contribution in [1.82, 2.24) is 5.32 Å². The van der Waals surface area contributed by atoms with Crippen LogP contribution in [0.4, 0.5) is 11.4 Å². The molecule has 0 aliphatic rings. The van der Waals surface area contributed by atoms with Gasteiger partial charge in [0.15, 0.2) is 0 Å². The number of anilines is 2. The molecule has 0 fully saturated rings. The molecule has 0 spiro atoms. The second kappa shape index (κ2) is 14.5. The SMILES string of the molecule is NC(=O)c1ccc(NC(=O)C(Sc2ccc(NC(=O)/C(=C/c3ccco3)NC(=O)c3ccccc3)cc2)c2ccccc2)cc1. The van der Waals surface area contributed by atoms with E-state index in [0.29, 0.717) is 28.3 Å². The summed E-state index contributed by atoms with van der Waals surface area (Å²) >= 11 is 1.34. The average Bonchev–Trinajstić information content (AvgIpc) is 3.58. The van der Waals surface area contributed by atoms with Crippen molar-refractivity contribution in [3.63, 3.8) is 0 Å². The van der Waals surface area contributed by atoms with Gasteiger partial charge in [-0.15, -0.1) is 11.8 Å². The Labute approximate surface area is 263 Å². The lowest BCUT2D eigenvalue weighted by Gasteiger charge is -2.17. The predicted molar refractivity (Wildman–Crippen MR) is 174 cm³/mol. The lowest BCUT2D eigenvalue weighted by atomic mass is 10.1. The second-order valence-corrected chi connectivity index (χ2v) is 10.9. The monoisotopic (exact) mass is 616 g/mol. The van der Waals surface area contributed by atoms with Crippen LogP contribution in [-0.4, -0.2) is 23.6 Å². The van der Waals surface area contributed by atoms with Crippen molar-refractivity contribution in [2.75, 3.05) is 10.6 Å². The van der Waals surface area contributed by atoms with Crippen molar-refractivity contribution in [1.29, 1.82) is 0 Å². The van der Waals surface area contributed by atoms with Gasteiger partial charge in [0.1, 0.15) is 16.7 Å². The Bertz CT molecular complexity index is 1810. The van der Waals surface area contributed by atoms with Crippen molar-refractivity contribution in [2.45, 2.75) is 10.1 Å². The van der Waals surface area contributed by atoms with E-state index >= 15 is 0 Å². The first-order chi connectivity index (χ1) is 21.9. The van der Waals surface area contributed by atoms with Crippen molar-refractivity contribution < 1.29 is 23.6 Å². The molecule has 0 aliphatic carbocycles. The maximum Gasteiger partial charge on any atom is 0.272 e. The number of benzene rings is 4. The Morgan fingerprint density at radius 3 is 1.93 bits per heavy atom. The fourth-order valence-corrected chi connectivity index (χ4v) is 5.26. The van der Waals surface area contributed by atoms with E-state index in [9.17, 15) is 19.2 Å². The Morgan fingerprint density at radius 2 is 1.31 bits per heavy atom. The molecule has 0 bridgehead atoms. The molecule has 4 amide bonds. The molecular weight excluding hydrogens is 588 g/mol. The van der Waals surface area contributed by atoms with Crippen LogP contribution < -0.4 is 21.7 Å². The summed E-state index contributed by atoms with van der Waals surface area (Å²) in [7, 11) is 0. The van der Waals surface area contributed by atoms with Crippen LogP contribution in [0.1, 0.15) is 37.3 Å². The van der Waals surface area contributed by atoms with Gasteiger partial charge in [0, 0.05) is 33.5 Å². The third-order valence-electron chi connectivity index (χ3n) is 6.50. The minimum Gasteiger partial charge on any atom is -0.465 e. The van der Waals surface area contributed by atoms with E-state index in [1.54, 1.807) is 91.0 Å². The Morgan fingerprint density at radius 1 is 0.689 bits per heavy atom. The van der Waals surface area contributed by atoms with Crippen LogP contribution in [0.5, 0.6) is 0 Å². The van der Waals surface area contributed by atoms with Crippen molar-refractivity contribution in [3.05, 3.63) is 156 Å². The van der Waals surface area contributed by atoms with Crippen molar-refractivity contribution in [2.24, 2.45) is 5.73 Å². The van der Waals surface area contributed by atoms with Crippen molar-refractivity contribution in [3.8, 4) is 0 Å². The first-order valence-corrected chi connectivity index (χ1v) is 14.7. The van der Waals surface area contributed by atoms with Gasteiger partial charge in [-0.3, -0.25) is 19.2 Å². The summed E-state index contributed by atoms with van der Waals surface area (Å²) < 4.78 is 5.35. The molecule has 0 saturated heterocycles. The van der Waals surface area contributed by atoms with E-state index in [4.69, 9.17) is 10.2 Å². The lowest BCUT2D eigenvalue weighted by Crippen LogP contribution is -2.30. The molecule has 1 aromatic heterocycles. The summed E-state index contributed by atoms with van der Waals surface area (Å²) in [5.74, 6) is -1.39. The van der Waals surface area contributed by atoms with E-state index in [-0.39, 0.29) is 11.6 Å². The summed E-state index contributed by atoms with van der Waals surface area (Å²) in [6.45, 7) is 0. The third-order valence-corrected chi connectivity index (χ3v) is 7.77. The largest absolute Gasteiger partial charge is 0.465 e.